The van der Waals surface area contributed by atoms with E-state index in [-0.39, 0.29) is 12.4 Å². The Bertz CT molecular complexity index is 338. The molecule has 1 aromatic heterocycles. The first-order chi connectivity index (χ1) is 5.75. The normalized spacial score (nSPS) is 15.2. The van der Waals surface area contributed by atoms with Crippen molar-refractivity contribution in [2.24, 2.45) is 0 Å². The highest BCUT2D eigenvalue weighted by Crippen LogP contribution is 2.23. The Morgan fingerprint density at radius 3 is 3.25 bits per heavy atom. The lowest BCUT2D eigenvalue weighted by molar-refractivity contribution is -0.121. The zero-order valence-corrected chi connectivity index (χ0v) is 7.80. The van der Waals surface area contributed by atoms with Crippen LogP contribution in [0.1, 0.15) is 5.56 Å². The summed E-state index contributed by atoms with van der Waals surface area (Å²) in [5, 5.41) is 0. The van der Waals surface area contributed by atoms with Crippen molar-refractivity contribution in [3.63, 3.8) is 0 Å². The fourth-order valence-corrected chi connectivity index (χ4v) is 1.52. The van der Waals surface area contributed by atoms with Crippen molar-refractivity contribution in [1.82, 2.24) is 4.98 Å². The Labute approximate surface area is 77.9 Å². The predicted molar refractivity (Wildman–Crippen MR) is 46.1 cm³/mol. The van der Waals surface area contributed by atoms with Crippen LogP contribution in [-0.4, -0.2) is 17.4 Å². The maximum Gasteiger partial charge on any atom is 0.217 e. The van der Waals surface area contributed by atoms with Crippen molar-refractivity contribution in [1.29, 1.82) is 0 Å². The summed E-state index contributed by atoms with van der Waals surface area (Å²) in [4.78, 5) is 15.0. The van der Waals surface area contributed by atoms with E-state index >= 15 is 0 Å². The number of rotatable bonds is 0. The molecule has 0 N–H and O–H groups in total. The third-order valence-electron chi connectivity index (χ3n) is 1.65. The van der Waals surface area contributed by atoms with E-state index in [4.69, 9.17) is 4.74 Å². The predicted octanol–water partition coefficient (Wildman–Crippen LogP) is 1.35. The van der Waals surface area contributed by atoms with Crippen LogP contribution >= 0.6 is 15.9 Å². The molecule has 0 atom stereocenters. The van der Waals surface area contributed by atoms with Crippen LogP contribution in [0.3, 0.4) is 0 Å². The standard InChI is InChI=1S/C8H6BrNO2/c9-6-1-5-2-7(11)4-12-8(5)10-3-6/h1,3H,2,4H2. The molecule has 1 aliphatic rings. The Kier molecular flexibility index (Phi) is 1.84. The monoisotopic (exact) mass is 227 g/mol. The van der Waals surface area contributed by atoms with E-state index in [0.29, 0.717) is 12.3 Å². The molecule has 62 valence electrons. The van der Waals surface area contributed by atoms with E-state index in [2.05, 4.69) is 20.9 Å². The van der Waals surface area contributed by atoms with E-state index in [1.54, 1.807) is 6.20 Å². The quantitative estimate of drug-likeness (QED) is 0.672. The molecule has 1 aromatic rings. The average molecular weight is 228 g/mol. The molecule has 0 aliphatic carbocycles. The minimum absolute atomic E-state index is 0.0994. The number of aromatic nitrogens is 1. The number of Topliss-reactive ketones (excluding diaryl/α,β-unsaturated/α-hetero) is 1. The van der Waals surface area contributed by atoms with Crippen molar-refractivity contribution >= 4 is 21.7 Å². The number of hydrogen-bond acceptors (Lipinski definition) is 3. The van der Waals surface area contributed by atoms with Gasteiger partial charge in [-0.1, -0.05) is 0 Å². The van der Waals surface area contributed by atoms with Crippen molar-refractivity contribution in [2.45, 2.75) is 6.42 Å². The fraction of sp³-hybridized carbons (Fsp3) is 0.250. The molecule has 12 heavy (non-hydrogen) atoms. The molecule has 0 fully saturated rings. The van der Waals surface area contributed by atoms with E-state index < -0.39 is 0 Å². The van der Waals surface area contributed by atoms with E-state index in [1.165, 1.54) is 0 Å². The van der Waals surface area contributed by atoms with Crippen molar-refractivity contribution < 1.29 is 9.53 Å². The number of halogens is 1. The average Bonchev–Trinajstić information content (AvgIpc) is 2.03. The van der Waals surface area contributed by atoms with Gasteiger partial charge in [-0.2, -0.15) is 0 Å². The summed E-state index contributed by atoms with van der Waals surface area (Å²) in [5.74, 6) is 0.681. The highest BCUT2D eigenvalue weighted by Gasteiger charge is 2.17. The number of carbonyl (C=O) groups excluding carboxylic acids is 1. The van der Waals surface area contributed by atoms with Crippen LogP contribution in [0.15, 0.2) is 16.7 Å². The van der Waals surface area contributed by atoms with Crippen LogP contribution in [0.25, 0.3) is 0 Å². The van der Waals surface area contributed by atoms with Gasteiger partial charge in [0, 0.05) is 22.7 Å². The number of hydrogen-bond donors (Lipinski definition) is 0. The lowest BCUT2D eigenvalue weighted by Crippen LogP contribution is -2.20. The molecule has 0 radical (unpaired) electrons. The number of carbonyl (C=O) groups is 1. The van der Waals surface area contributed by atoms with Gasteiger partial charge in [0.05, 0.1) is 0 Å². The third kappa shape index (κ3) is 1.34. The molecule has 2 rings (SSSR count). The number of nitrogens with zero attached hydrogens (tertiary/aromatic N) is 1. The Balaban J connectivity index is 2.44. The number of pyridine rings is 1. The molecule has 0 aromatic carbocycles. The zero-order valence-electron chi connectivity index (χ0n) is 6.21. The molecule has 1 aliphatic heterocycles. The molecule has 0 saturated carbocycles. The summed E-state index contributed by atoms with van der Waals surface area (Å²) in [5.41, 5.74) is 0.862. The summed E-state index contributed by atoms with van der Waals surface area (Å²) in [6.07, 6.45) is 2.09. The lowest BCUT2D eigenvalue weighted by Gasteiger charge is -2.14. The SMILES string of the molecule is O=C1COc2ncc(Br)cc2C1. The highest BCUT2D eigenvalue weighted by molar-refractivity contribution is 9.10. The highest BCUT2D eigenvalue weighted by atomic mass is 79.9. The van der Waals surface area contributed by atoms with Gasteiger partial charge in [0.2, 0.25) is 5.88 Å². The van der Waals surface area contributed by atoms with Gasteiger partial charge < -0.3 is 4.74 Å². The Morgan fingerprint density at radius 1 is 1.58 bits per heavy atom. The largest absolute Gasteiger partial charge is 0.469 e. The van der Waals surface area contributed by atoms with Crippen LogP contribution in [0, 0.1) is 0 Å². The van der Waals surface area contributed by atoms with Crippen molar-refractivity contribution in [3.8, 4) is 5.88 Å². The van der Waals surface area contributed by atoms with E-state index in [0.717, 1.165) is 10.0 Å². The first-order valence-corrected chi connectivity index (χ1v) is 4.34. The summed E-state index contributed by atoms with van der Waals surface area (Å²) in [6.45, 7) is 0.154. The molecular weight excluding hydrogens is 222 g/mol. The Morgan fingerprint density at radius 2 is 2.42 bits per heavy atom. The van der Waals surface area contributed by atoms with E-state index in [1.807, 2.05) is 6.07 Å². The maximum atomic E-state index is 11.0. The van der Waals surface area contributed by atoms with Crippen LogP contribution in [-0.2, 0) is 11.2 Å². The molecule has 0 bridgehead atoms. The van der Waals surface area contributed by atoms with Gasteiger partial charge in [0.15, 0.2) is 5.78 Å². The molecule has 0 saturated heterocycles. The topological polar surface area (TPSA) is 39.2 Å². The molecule has 0 spiro atoms. The number of fused-ring (bicyclic) bond motifs is 1. The van der Waals surface area contributed by atoms with Crippen LogP contribution in [0.2, 0.25) is 0 Å². The lowest BCUT2D eigenvalue weighted by atomic mass is 10.1. The van der Waals surface area contributed by atoms with Crippen LogP contribution in [0.4, 0.5) is 0 Å². The fourth-order valence-electron chi connectivity index (χ4n) is 1.14. The number of ether oxygens (including phenoxy) is 1. The number of ketones is 1. The summed E-state index contributed by atoms with van der Waals surface area (Å²) < 4.78 is 5.98. The second-order valence-corrected chi connectivity index (χ2v) is 3.54. The van der Waals surface area contributed by atoms with Crippen LogP contribution in [0.5, 0.6) is 5.88 Å². The van der Waals surface area contributed by atoms with Gasteiger partial charge in [-0.15, -0.1) is 0 Å². The van der Waals surface area contributed by atoms with Gasteiger partial charge in [-0.3, -0.25) is 4.79 Å². The molecule has 0 unspecified atom stereocenters. The third-order valence-corrected chi connectivity index (χ3v) is 2.08. The summed E-state index contributed by atoms with van der Waals surface area (Å²) in [6, 6.07) is 1.86. The summed E-state index contributed by atoms with van der Waals surface area (Å²) in [7, 11) is 0. The molecule has 4 heteroatoms. The molecule has 3 nitrogen and oxygen atoms in total. The maximum absolute atomic E-state index is 11.0. The van der Waals surface area contributed by atoms with Gasteiger partial charge in [-0.25, -0.2) is 4.98 Å². The minimum atomic E-state index is 0.0994. The van der Waals surface area contributed by atoms with Crippen molar-refractivity contribution in [3.05, 3.63) is 22.3 Å². The zero-order chi connectivity index (χ0) is 8.55. The van der Waals surface area contributed by atoms with Gasteiger partial charge in [0.25, 0.3) is 0 Å². The second kappa shape index (κ2) is 2.86. The van der Waals surface area contributed by atoms with Gasteiger partial charge >= 0.3 is 0 Å². The first-order valence-electron chi connectivity index (χ1n) is 3.54. The summed E-state index contributed by atoms with van der Waals surface area (Å²) >= 11 is 3.28. The molecule has 2 heterocycles. The molecule has 0 amide bonds. The van der Waals surface area contributed by atoms with Crippen LogP contribution < -0.4 is 4.74 Å². The Hall–Kier alpha value is -0.900. The first kappa shape index (κ1) is 7.73. The van der Waals surface area contributed by atoms with E-state index in [9.17, 15) is 4.79 Å². The smallest absolute Gasteiger partial charge is 0.217 e. The van der Waals surface area contributed by atoms with Crippen molar-refractivity contribution in [2.75, 3.05) is 6.61 Å². The second-order valence-electron chi connectivity index (χ2n) is 2.62. The van der Waals surface area contributed by atoms with Gasteiger partial charge in [-0.05, 0) is 22.0 Å². The van der Waals surface area contributed by atoms with Gasteiger partial charge in [0.1, 0.15) is 6.61 Å². The molecular formula is C8H6BrNO2. The minimum Gasteiger partial charge on any atom is -0.469 e.